The van der Waals surface area contributed by atoms with Gasteiger partial charge in [-0.3, -0.25) is 4.79 Å². The van der Waals surface area contributed by atoms with E-state index in [1.54, 1.807) is 0 Å². The Morgan fingerprint density at radius 1 is 1.15 bits per heavy atom. The Kier molecular flexibility index (Phi) is 6.48. The zero-order valence-electron chi connectivity index (χ0n) is 15.2. The fourth-order valence-corrected chi connectivity index (χ4v) is 3.34. The van der Waals surface area contributed by atoms with Crippen molar-refractivity contribution < 1.29 is 9.53 Å². The molecular formula is C21H21ClN2O2S. The number of nitrogens with zero attached hydrogens (tertiary/aromatic N) is 1. The quantitative estimate of drug-likeness (QED) is 0.586. The third-order valence-corrected chi connectivity index (χ3v) is 5.15. The van der Waals surface area contributed by atoms with Crippen LogP contribution in [0.3, 0.4) is 0 Å². The smallest absolute Gasteiger partial charge is 0.258 e. The lowest BCUT2D eigenvalue weighted by Gasteiger charge is -2.09. The van der Waals surface area contributed by atoms with Crippen molar-refractivity contribution in [3.05, 3.63) is 69.5 Å². The van der Waals surface area contributed by atoms with Crippen LogP contribution in [0, 0.1) is 0 Å². The van der Waals surface area contributed by atoms with Gasteiger partial charge in [-0.15, -0.1) is 11.3 Å². The second-order valence-electron chi connectivity index (χ2n) is 6.42. The number of benzene rings is 2. The first-order valence-corrected chi connectivity index (χ1v) is 9.97. The molecule has 0 aliphatic carbocycles. The summed E-state index contributed by atoms with van der Waals surface area (Å²) in [6.07, 6.45) is 0. The van der Waals surface area contributed by atoms with Crippen LogP contribution >= 0.6 is 22.9 Å². The molecule has 1 N–H and O–H groups in total. The SMILES string of the molecule is CC(C)c1ccc(OCC(=O)NCc2nc(-c3ccc(Cl)cc3)cs2)cc1. The van der Waals surface area contributed by atoms with Crippen molar-refractivity contribution in [2.24, 2.45) is 0 Å². The number of nitrogens with one attached hydrogen (secondary N) is 1. The molecule has 140 valence electrons. The molecule has 0 spiro atoms. The molecule has 0 aliphatic rings. The maximum atomic E-state index is 12.0. The molecule has 0 unspecified atom stereocenters. The van der Waals surface area contributed by atoms with Crippen molar-refractivity contribution in [3.8, 4) is 17.0 Å². The number of carbonyl (C=O) groups is 1. The average molecular weight is 401 g/mol. The minimum absolute atomic E-state index is 0.0174. The molecule has 2 aromatic carbocycles. The summed E-state index contributed by atoms with van der Waals surface area (Å²) in [5, 5.41) is 6.34. The summed E-state index contributed by atoms with van der Waals surface area (Å²) >= 11 is 7.42. The predicted octanol–water partition coefficient (Wildman–Crippen LogP) is 5.28. The van der Waals surface area contributed by atoms with Gasteiger partial charge in [0.05, 0.1) is 12.2 Å². The van der Waals surface area contributed by atoms with E-state index in [-0.39, 0.29) is 12.5 Å². The van der Waals surface area contributed by atoms with Crippen LogP contribution in [0.5, 0.6) is 5.75 Å². The van der Waals surface area contributed by atoms with Gasteiger partial charge in [0.2, 0.25) is 0 Å². The first kappa shape index (κ1) is 19.4. The van der Waals surface area contributed by atoms with Gasteiger partial charge in [0.1, 0.15) is 10.8 Å². The normalized spacial score (nSPS) is 10.8. The molecule has 3 rings (SSSR count). The lowest BCUT2D eigenvalue weighted by molar-refractivity contribution is -0.123. The summed E-state index contributed by atoms with van der Waals surface area (Å²) < 4.78 is 5.54. The van der Waals surface area contributed by atoms with Crippen molar-refractivity contribution in [2.45, 2.75) is 26.3 Å². The van der Waals surface area contributed by atoms with E-state index in [1.165, 1.54) is 16.9 Å². The van der Waals surface area contributed by atoms with Crippen LogP contribution in [0.25, 0.3) is 11.3 Å². The summed E-state index contributed by atoms with van der Waals surface area (Å²) in [6, 6.07) is 15.4. The summed E-state index contributed by atoms with van der Waals surface area (Å²) in [5.41, 5.74) is 3.12. The molecule has 3 aromatic rings. The number of thiazole rings is 1. The largest absolute Gasteiger partial charge is 0.484 e. The molecule has 6 heteroatoms. The zero-order valence-corrected chi connectivity index (χ0v) is 16.8. The van der Waals surface area contributed by atoms with Crippen molar-refractivity contribution in [3.63, 3.8) is 0 Å². The number of amides is 1. The third kappa shape index (κ3) is 5.55. The second kappa shape index (κ2) is 9.02. The molecule has 1 amide bonds. The number of carbonyl (C=O) groups excluding carboxylic acids is 1. The maximum Gasteiger partial charge on any atom is 0.258 e. The molecule has 27 heavy (non-hydrogen) atoms. The monoisotopic (exact) mass is 400 g/mol. The van der Waals surface area contributed by atoms with Gasteiger partial charge in [0.15, 0.2) is 6.61 Å². The maximum absolute atomic E-state index is 12.0. The van der Waals surface area contributed by atoms with Gasteiger partial charge in [-0.05, 0) is 35.7 Å². The van der Waals surface area contributed by atoms with Gasteiger partial charge in [0, 0.05) is 16.0 Å². The van der Waals surface area contributed by atoms with Crippen molar-refractivity contribution in [1.82, 2.24) is 10.3 Å². The van der Waals surface area contributed by atoms with E-state index in [2.05, 4.69) is 24.1 Å². The standard InChI is InChI=1S/C21H21ClN2O2S/c1-14(2)15-5-9-18(10-6-15)26-12-20(25)23-11-21-24-19(13-27-21)16-3-7-17(22)8-4-16/h3-10,13-14H,11-12H2,1-2H3,(H,23,25). The Morgan fingerprint density at radius 2 is 1.85 bits per heavy atom. The van der Waals surface area contributed by atoms with E-state index in [1.807, 2.05) is 53.9 Å². The van der Waals surface area contributed by atoms with Crippen LogP contribution in [0.4, 0.5) is 0 Å². The number of hydrogen-bond acceptors (Lipinski definition) is 4. The van der Waals surface area contributed by atoms with Crippen LogP contribution in [0.1, 0.15) is 30.3 Å². The fraction of sp³-hybridized carbons (Fsp3) is 0.238. The van der Waals surface area contributed by atoms with Gasteiger partial charge >= 0.3 is 0 Å². The first-order valence-electron chi connectivity index (χ1n) is 8.71. The molecule has 1 aromatic heterocycles. The Balaban J connectivity index is 1.47. The van der Waals surface area contributed by atoms with E-state index in [9.17, 15) is 4.79 Å². The Labute approximate surface area is 168 Å². The zero-order chi connectivity index (χ0) is 19.2. The highest BCUT2D eigenvalue weighted by Crippen LogP contribution is 2.23. The van der Waals surface area contributed by atoms with E-state index in [4.69, 9.17) is 16.3 Å². The van der Waals surface area contributed by atoms with Crippen LogP contribution in [-0.4, -0.2) is 17.5 Å². The van der Waals surface area contributed by atoms with E-state index in [0.29, 0.717) is 23.2 Å². The minimum atomic E-state index is -0.175. The molecule has 0 bridgehead atoms. The highest BCUT2D eigenvalue weighted by atomic mass is 35.5. The summed E-state index contributed by atoms with van der Waals surface area (Å²) in [7, 11) is 0. The molecule has 1 heterocycles. The summed E-state index contributed by atoms with van der Waals surface area (Å²) in [6.45, 7) is 4.64. The van der Waals surface area contributed by atoms with E-state index in [0.717, 1.165) is 16.3 Å². The predicted molar refractivity (Wildman–Crippen MR) is 110 cm³/mol. The number of hydrogen-bond donors (Lipinski definition) is 1. The highest BCUT2D eigenvalue weighted by Gasteiger charge is 2.08. The minimum Gasteiger partial charge on any atom is -0.484 e. The van der Waals surface area contributed by atoms with Gasteiger partial charge in [-0.2, -0.15) is 0 Å². The fourth-order valence-electron chi connectivity index (χ4n) is 2.47. The van der Waals surface area contributed by atoms with Gasteiger partial charge in [0.25, 0.3) is 5.91 Å². The molecular weight excluding hydrogens is 380 g/mol. The molecule has 0 radical (unpaired) electrons. The third-order valence-electron chi connectivity index (χ3n) is 4.05. The molecule has 0 saturated heterocycles. The van der Waals surface area contributed by atoms with Crippen LogP contribution < -0.4 is 10.1 Å². The summed E-state index contributed by atoms with van der Waals surface area (Å²) in [5.74, 6) is 0.985. The van der Waals surface area contributed by atoms with Crippen LogP contribution in [0.15, 0.2) is 53.9 Å². The molecule has 0 atom stereocenters. The van der Waals surface area contributed by atoms with E-state index >= 15 is 0 Å². The Hall–Kier alpha value is -2.37. The number of ether oxygens (including phenoxy) is 1. The van der Waals surface area contributed by atoms with Crippen molar-refractivity contribution >= 4 is 28.8 Å². The number of aromatic nitrogens is 1. The van der Waals surface area contributed by atoms with Gasteiger partial charge in [-0.25, -0.2) is 4.98 Å². The van der Waals surface area contributed by atoms with Gasteiger partial charge in [-0.1, -0.05) is 49.7 Å². The van der Waals surface area contributed by atoms with Gasteiger partial charge < -0.3 is 10.1 Å². The van der Waals surface area contributed by atoms with Crippen molar-refractivity contribution in [2.75, 3.05) is 6.61 Å². The van der Waals surface area contributed by atoms with Crippen LogP contribution in [-0.2, 0) is 11.3 Å². The number of rotatable bonds is 7. The highest BCUT2D eigenvalue weighted by molar-refractivity contribution is 7.09. The number of halogens is 1. The Bertz CT molecular complexity index is 889. The molecule has 0 fully saturated rings. The molecule has 0 aliphatic heterocycles. The molecule has 0 saturated carbocycles. The average Bonchev–Trinajstić information content (AvgIpc) is 3.14. The lowest BCUT2D eigenvalue weighted by Crippen LogP contribution is -2.28. The van der Waals surface area contributed by atoms with Crippen LogP contribution in [0.2, 0.25) is 5.02 Å². The first-order chi connectivity index (χ1) is 13.0. The second-order valence-corrected chi connectivity index (χ2v) is 7.80. The topological polar surface area (TPSA) is 51.2 Å². The van der Waals surface area contributed by atoms with Crippen molar-refractivity contribution in [1.29, 1.82) is 0 Å². The Morgan fingerprint density at radius 3 is 2.52 bits per heavy atom. The summed E-state index contributed by atoms with van der Waals surface area (Å²) in [4.78, 5) is 16.6. The lowest BCUT2D eigenvalue weighted by atomic mass is 10.0. The van der Waals surface area contributed by atoms with E-state index < -0.39 is 0 Å². The molecule has 4 nitrogen and oxygen atoms in total.